The molecule has 7 heteroatoms. The molecule has 0 saturated heterocycles. The van der Waals surface area contributed by atoms with E-state index in [1.165, 1.54) is 34.2 Å². The zero-order valence-electron chi connectivity index (χ0n) is 12.8. The number of anilines is 2. The molecule has 0 atom stereocenters. The Bertz CT molecular complexity index is 811. The number of benzene rings is 1. The average molecular weight is 344 g/mol. The molecule has 2 aromatic heterocycles. The van der Waals surface area contributed by atoms with Crippen molar-refractivity contribution in [2.45, 2.75) is 18.2 Å². The van der Waals surface area contributed by atoms with E-state index in [1.807, 2.05) is 12.1 Å². The van der Waals surface area contributed by atoms with E-state index < -0.39 is 0 Å². The van der Waals surface area contributed by atoms with Gasteiger partial charge < -0.3 is 10.3 Å². The summed E-state index contributed by atoms with van der Waals surface area (Å²) in [5, 5.41) is 12.2. The standard InChI is InChI=1S/C16H16N4OS2/c1-10-5-6-12(8-11(10)2)18-15-19-20-16(23-15)22-9-14(21)13-4-3-7-17-13/h3-8,17H,9H2,1-2H3,(H,18,19). The van der Waals surface area contributed by atoms with Gasteiger partial charge in [0.25, 0.3) is 0 Å². The number of Topliss-reactive ketones (excluding diaryl/α,β-unsaturated/α-hetero) is 1. The highest BCUT2D eigenvalue weighted by atomic mass is 32.2. The molecule has 0 fully saturated rings. The highest BCUT2D eigenvalue weighted by Crippen LogP contribution is 2.28. The number of nitrogens with zero attached hydrogens (tertiary/aromatic N) is 2. The average Bonchev–Trinajstić information content (AvgIpc) is 3.20. The van der Waals surface area contributed by atoms with E-state index in [-0.39, 0.29) is 5.78 Å². The number of rotatable bonds is 6. The number of H-pyrrole nitrogens is 1. The second-order valence-corrected chi connectivity index (χ2v) is 7.29. The molecule has 0 aliphatic carbocycles. The van der Waals surface area contributed by atoms with Gasteiger partial charge >= 0.3 is 0 Å². The SMILES string of the molecule is Cc1ccc(Nc2nnc(SCC(=O)c3ccc[nH]3)s2)cc1C. The van der Waals surface area contributed by atoms with E-state index in [4.69, 9.17) is 0 Å². The first-order valence-electron chi connectivity index (χ1n) is 7.09. The number of nitrogens with one attached hydrogen (secondary N) is 2. The van der Waals surface area contributed by atoms with Gasteiger partial charge in [-0.3, -0.25) is 4.79 Å². The summed E-state index contributed by atoms with van der Waals surface area (Å²) in [5.74, 6) is 0.401. The van der Waals surface area contributed by atoms with E-state index >= 15 is 0 Å². The molecule has 5 nitrogen and oxygen atoms in total. The molecule has 0 radical (unpaired) electrons. The Labute approximate surface area is 142 Å². The fourth-order valence-corrected chi connectivity index (χ4v) is 3.63. The maximum Gasteiger partial charge on any atom is 0.210 e. The van der Waals surface area contributed by atoms with Gasteiger partial charge in [0.15, 0.2) is 10.1 Å². The van der Waals surface area contributed by atoms with Crippen LogP contribution in [0.2, 0.25) is 0 Å². The number of hydrogen-bond donors (Lipinski definition) is 2. The predicted octanol–water partition coefficient (Wildman–Crippen LogP) is 4.20. The molecule has 0 spiro atoms. The number of thioether (sulfide) groups is 1. The van der Waals surface area contributed by atoms with Gasteiger partial charge in [-0.15, -0.1) is 10.2 Å². The molecule has 0 saturated carbocycles. The summed E-state index contributed by atoms with van der Waals surface area (Å²) in [7, 11) is 0. The van der Waals surface area contributed by atoms with Crippen molar-refractivity contribution in [1.29, 1.82) is 0 Å². The maximum atomic E-state index is 11.9. The van der Waals surface area contributed by atoms with Crippen molar-refractivity contribution >= 4 is 39.7 Å². The van der Waals surface area contributed by atoms with Gasteiger partial charge in [-0.1, -0.05) is 29.2 Å². The molecule has 3 rings (SSSR count). The number of carbonyl (C=O) groups excluding carboxylic acids is 1. The summed E-state index contributed by atoms with van der Waals surface area (Å²) in [6.07, 6.45) is 1.74. The lowest BCUT2D eigenvalue weighted by Crippen LogP contribution is -2.02. The van der Waals surface area contributed by atoms with Crippen LogP contribution in [0, 0.1) is 13.8 Å². The molecule has 3 aromatic rings. The van der Waals surface area contributed by atoms with Crippen molar-refractivity contribution in [3.05, 3.63) is 53.3 Å². The largest absolute Gasteiger partial charge is 0.359 e. The number of hydrogen-bond acceptors (Lipinski definition) is 6. The fourth-order valence-electron chi connectivity index (χ4n) is 1.97. The monoisotopic (exact) mass is 344 g/mol. The smallest absolute Gasteiger partial charge is 0.210 e. The van der Waals surface area contributed by atoms with Crippen LogP contribution in [0.3, 0.4) is 0 Å². The zero-order chi connectivity index (χ0) is 16.2. The fraction of sp³-hybridized carbons (Fsp3) is 0.188. The van der Waals surface area contributed by atoms with Crippen molar-refractivity contribution in [3.63, 3.8) is 0 Å². The molecule has 118 valence electrons. The van der Waals surface area contributed by atoms with Crippen molar-refractivity contribution in [2.24, 2.45) is 0 Å². The van der Waals surface area contributed by atoms with Crippen LogP contribution in [-0.2, 0) is 0 Å². The molecule has 0 bridgehead atoms. The minimum Gasteiger partial charge on any atom is -0.359 e. The topological polar surface area (TPSA) is 70.7 Å². The Balaban J connectivity index is 1.59. The second kappa shape index (κ2) is 6.97. The lowest BCUT2D eigenvalue weighted by Gasteiger charge is -2.05. The number of aromatic nitrogens is 3. The van der Waals surface area contributed by atoms with Gasteiger partial charge in [-0.25, -0.2) is 0 Å². The number of aromatic amines is 1. The van der Waals surface area contributed by atoms with E-state index in [0.29, 0.717) is 11.4 Å². The summed E-state index contributed by atoms with van der Waals surface area (Å²) < 4.78 is 0.774. The van der Waals surface area contributed by atoms with Crippen LogP contribution in [0.1, 0.15) is 21.6 Å². The molecular weight excluding hydrogens is 328 g/mol. The zero-order valence-corrected chi connectivity index (χ0v) is 14.4. The highest BCUT2D eigenvalue weighted by Gasteiger charge is 2.10. The predicted molar refractivity (Wildman–Crippen MR) is 95.0 cm³/mol. The third kappa shape index (κ3) is 4.00. The summed E-state index contributed by atoms with van der Waals surface area (Å²) >= 11 is 2.84. The molecule has 0 aliphatic rings. The van der Waals surface area contributed by atoms with Crippen LogP contribution in [0.15, 0.2) is 40.9 Å². The number of aryl methyl sites for hydroxylation is 2. The minimum absolute atomic E-state index is 0.0545. The third-order valence-electron chi connectivity index (χ3n) is 3.39. The summed E-state index contributed by atoms with van der Waals surface area (Å²) in [4.78, 5) is 14.8. The van der Waals surface area contributed by atoms with Crippen LogP contribution in [0.5, 0.6) is 0 Å². The van der Waals surface area contributed by atoms with Crippen molar-refractivity contribution in [1.82, 2.24) is 15.2 Å². The van der Waals surface area contributed by atoms with Gasteiger partial charge in [0.2, 0.25) is 5.13 Å². The maximum absolute atomic E-state index is 11.9. The summed E-state index contributed by atoms with van der Waals surface area (Å²) in [6, 6.07) is 9.76. The Morgan fingerprint density at radius 2 is 2.13 bits per heavy atom. The molecule has 0 unspecified atom stereocenters. The van der Waals surface area contributed by atoms with Gasteiger partial charge in [0.1, 0.15) is 0 Å². The molecular formula is C16H16N4OS2. The minimum atomic E-state index is 0.0545. The van der Waals surface area contributed by atoms with Crippen molar-refractivity contribution < 1.29 is 4.79 Å². The first-order chi connectivity index (χ1) is 11.1. The van der Waals surface area contributed by atoms with Crippen LogP contribution < -0.4 is 5.32 Å². The quantitative estimate of drug-likeness (QED) is 0.518. The molecule has 2 N–H and O–H groups in total. The summed E-state index contributed by atoms with van der Waals surface area (Å²) in [6.45, 7) is 4.16. The van der Waals surface area contributed by atoms with Gasteiger partial charge in [-0.2, -0.15) is 0 Å². The number of ketones is 1. The van der Waals surface area contributed by atoms with E-state index in [9.17, 15) is 4.79 Å². The lowest BCUT2D eigenvalue weighted by atomic mass is 10.1. The lowest BCUT2D eigenvalue weighted by molar-refractivity contribution is 0.101. The molecule has 2 heterocycles. The molecule has 23 heavy (non-hydrogen) atoms. The molecule has 0 aliphatic heterocycles. The van der Waals surface area contributed by atoms with Crippen LogP contribution in [-0.4, -0.2) is 26.7 Å². The Morgan fingerprint density at radius 3 is 2.87 bits per heavy atom. The second-order valence-electron chi connectivity index (χ2n) is 5.09. The number of carbonyl (C=O) groups is 1. The van der Waals surface area contributed by atoms with E-state index in [2.05, 4.69) is 46.5 Å². The first-order valence-corrected chi connectivity index (χ1v) is 8.89. The van der Waals surface area contributed by atoms with Gasteiger partial charge in [0, 0.05) is 11.9 Å². The highest BCUT2D eigenvalue weighted by molar-refractivity contribution is 8.01. The Hall–Kier alpha value is -2.12. The Morgan fingerprint density at radius 1 is 1.26 bits per heavy atom. The van der Waals surface area contributed by atoms with Crippen LogP contribution >= 0.6 is 23.1 Å². The van der Waals surface area contributed by atoms with E-state index in [1.54, 1.807) is 12.3 Å². The molecule has 0 amide bonds. The molecule has 1 aromatic carbocycles. The van der Waals surface area contributed by atoms with Gasteiger partial charge in [0.05, 0.1) is 11.4 Å². The van der Waals surface area contributed by atoms with Crippen molar-refractivity contribution in [3.8, 4) is 0 Å². The van der Waals surface area contributed by atoms with Crippen LogP contribution in [0.25, 0.3) is 0 Å². The summed E-state index contributed by atoms with van der Waals surface area (Å²) in [5.41, 5.74) is 4.09. The Kier molecular flexibility index (Phi) is 4.78. The first kappa shape index (κ1) is 15.8. The normalized spacial score (nSPS) is 10.7. The van der Waals surface area contributed by atoms with Crippen LogP contribution in [0.4, 0.5) is 10.8 Å². The van der Waals surface area contributed by atoms with Gasteiger partial charge in [-0.05, 0) is 49.2 Å². The van der Waals surface area contributed by atoms with E-state index in [0.717, 1.165) is 15.2 Å². The van der Waals surface area contributed by atoms with Crippen molar-refractivity contribution in [2.75, 3.05) is 11.1 Å². The third-order valence-corrected chi connectivity index (χ3v) is 5.36.